The molecule has 0 unspecified atom stereocenters. The topological polar surface area (TPSA) is 105 Å². The lowest BCUT2D eigenvalue weighted by Gasteiger charge is -2.17. The van der Waals surface area contributed by atoms with Crippen molar-refractivity contribution in [2.75, 3.05) is 23.0 Å². The van der Waals surface area contributed by atoms with Gasteiger partial charge in [0.15, 0.2) is 5.69 Å². The summed E-state index contributed by atoms with van der Waals surface area (Å²) in [6.45, 7) is 1.96. The Morgan fingerprint density at radius 1 is 0.865 bits per heavy atom. The second-order valence-electron chi connectivity index (χ2n) is 8.24. The van der Waals surface area contributed by atoms with Gasteiger partial charge in [-0.2, -0.15) is 18.3 Å². The Bertz CT molecular complexity index is 1590. The first-order valence-corrected chi connectivity index (χ1v) is 11.2. The van der Waals surface area contributed by atoms with Crippen LogP contribution in [0.5, 0.6) is 0 Å². The van der Waals surface area contributed by atoms with Crippen LogP contribution in [-0.2, 0) is 13.2 Å². The van der Waals surface area contributed by atoms with Crippen molar-refractivity contribution in [2.24, 2.45) is 7.05 Å². The number of nitrogens with one attached hydrogen (secondary N) is 3. The molecule has 0 aliphatic carbocycles. The van der Waals surface area contributed by atoms with E-state index in [2.05, 4.69) is 41.0 Å². The molecule has 0 bridgehead atoms. The lowest BCUT2D eigenvalue weighted by molar-refractivity contribution is -0.141. The zero-order chi connectivity index (χ0) is 26.2. The third kappa shape index (κ3) is 4.73. The number of hydrogen-bond donors (Lipinski definition) is 3. The fourth-order valence-electron chi connectivity index (χ4n) is 3.94. The van der Waals surface area contributed by atoms with Gasteiger partial charge in [0.1, 0.15) is 29.6 Å². The molecule has 4 heterocycles. The maximum absolute atomic E-state index is 13.1. The highest BCUT2D eigenvalue weighted by Gasteiger charge is 2.34. The van der Waals surface area contributed by atoms with E-state index in [1.165, 1.54) is 13.4 Å². The summed E-state index contributed by atoms with van der Waals surface area (Å²) in [5.41, 5.74) is 2.21. The van der Waals surface area contributed by atoms with Gasteiger partial charge in [-0.05, 0) is 30.7 Å². The van der Waals surface area contributed by atoms with Crippen LogP contribution < -0.4 is 16.0 Å². The number of rotatable bonds is 6. The van der Waals surface area contributed by atoms with E-state index >= 15 is 0 Å². The number of benzene rings is 1. The molecule has 3 N–H and O–H groups in total. The van der Waals surface area contributed by atoms with E-state index in [1.54, 1.807) is 19.4 Å². The van der Waals surface area contributed by atoms with Gasteiger partial charge in [-0.15, -0.1) is 0 Å². The minimum absolute atomic E-state index is 0.165. The number of fused-ring (bicyclic) bond motifs is 1. The number of pyridine rings is 2. The molecule has 0 saturated carbocycles. The highest BCUT2D eigenvalue weighted by atomic mass is 19.4. The SMILES string of the molecule is CNc1cc(-c2cccnc2Nc2c(C)ccc3c(Nc4cc(C(F)(F)F)nn4C)nccc23)ncn1. The van der Waals surface area contributed by atoms with E-state index in [0.29, 0.717) is 28.5 Å². The molecule has 0 aliphatic heterocycles. The highest BCUT2D eigenvalue weighted by Crippen LogP contribution is 2.36. The molecule has 5 aromatic rings. The molecular formula is C25H22F3N9. The predicted octanol–water partition coefficient (Wildman–Crippen LogP) is 5.68. The maximum atomic E-state index is 13.1. The minimum atomic E-state index is -4.55. The van der Waals surface area contributed by atoms with Crippen molar-refractivity contribution in [1.82, 2.24) is 29.7 Å². The van der Waals surface area contributed by atoms with Crippen LogP contribution in [0.2, 0.25) is 0 Å². The van der Waals surface area contributed by atoms with Crippen molar-refractivity contribution in [3.63, 3.8) is 0 Å². The summed E-state index contributed by atoms with van der Waals surface area (Å²) in [6.07, 6.45) is 0.213. The molecule has 12 heteroatoms. The molecule has 0 aliphatic rings. The van der Waals surface area contributed by atoms with Gasteiger partial charge in [-0.3, -0.25) is 4.68 Å². The van der Waals surface area contributed by atoms with E-state index in [-0.39, 0.29) is 5.82 Å². The molecule has 1 aromatic carbocycles. The first-order chi connectivity index (χ1) is 17.7. The summed E-state index contributed by atoms with van der Waals surface area (Å²) in [5, 5.41) is 14.5. The molecular weight excluding hydrogens is 483 g/mol. The molecule has 5 rings (SSSR count). The summed E-state index contributed by atoms with van der Waals surface area (Å²) in [4.78, 5) is 17.5. The van der Waals surface area contributed by atoms with Gasteiger partial charge in [0.25, 0.3) is 0 Å². The number of hydrogen-bond acceptors (Lipinski definition) is 8. The van der Waals surface area contributed by atoms with Crippen molar-refractivity contribution in [2.45, 2.75) is 13.1 Å². The van der Waals surface area contributed by atoms with Crippen molar-refractivity contribution in [3.8, 4) is 11.3 Å². The molecule has 188 valence electrons. The number of aryl methyl sites for hydroxylation is 2. The molecule has 9 nitrogen and oxygen atoms in total. The third-order valence-electron chi connectivity index (χ3n) is 5.82. The van der Waals surface area contributed by atoms with Crippen LogP contribution in [-0.4, -0.2) is 36.8 Å². The van der Waals surface area contributed by atoms with Gasteiger partial charge in [0.2, 0.25) is 0 Å². The van der Waals surface area contributed by atoms with Crippen molar-refractivity contribution < 1.29 is 13.2 Å². The summed E-state index contributed by atoms with van der Waals surface area (Å²) in [6, 6.07) is 12.1. The molecule has 37 heavy (non-hydrogen) atoms. The van der Waals surface area contributed by atoms with E-state index < -0.39 is 11.9 Å². The summed E-state index contributed by atoms with van der Waals surface area (Å²) in [5.74, 6) is 1.82. The monoisotopic (exact) mass is 505 g/mol. The largest absolute Gasteiger partial charge is 0.435 e. The van der Waals surface area contributed by atoms with Crippen LogP contribution in [0.1, 0.15) is 11.3 Å². The van der Waals surface area contributed by atoms with Gasteiger partial charge in [-0.25, -0.2) is 19.9 Å². The Morgan fingerprint density at radius 2 is 1.68 bits per heavy atom. The minimum Gasteiger partial charge on any atom is -0.373 e. The molecule has 0 fully saturated rings. The summed E-state index contributed by atoms with van der Waals surface area (Å²) < 4.78 is 40.5. The average Bonchev–Trinajstić information content (AvgIpc) is 3.27. The summed E-state index contributed by atoms with van der Waals surface area (Å²) >= 11 is 0. The number of alkyl halides is 3. The lowest BCUT2D eigenvalue weighted by Crippen LogP contribution is -2.06. The Balaban J connectivity index is 1.55. The quantitative estimate of drug-likeness (QED) is 0.271. The normalized spacial score (nSPS) is 11.5. The molecule has 4 aromatic heterocycles. The summed E-state index contributed by atoms with van der Waals surface area (Å²) in [7, 11) is 3.22. The third-order valence-corrected chi connectivity index (χ3v) is 5.82. The van der Waals surface area contributed by atoms with Gasteiger partial charge >= 0.3 is 6.18 Å². The molecule has 0 radical (unpaired) electrons. The van der Waals surface area contributed by atoms with Crippen LogP contribution in [0.3, 0.4) is 0 Å². The average molecular weight is 506 g/mol. The van der Waals surface area contributed by atoms with Crippen molar-refractivity contribution in [1.29, 1.82) is 0 Å². The van der Waals surface area contributed by atoms with E-state index in [9.17, 15) is 13.2 Å². The zero-order valence-electron chi connectivity index (χ0n) is 20.1. The van der Waals surface area contributed by atoms with E-state index in [0.717, 1.165) is 32.9 Å². The van der Waals surface area contributed by atoms with Crippen LogP contribution in [0.4, 0.5) is 42.1 Å². The number of halogens is 3. The lowest BCUT2D eigenvalue weighted by atomic mass is 10.0. The molecule has 0 amide bonds. The van der Waals surface area contributed by atoms with Gasteiger partial charge in [0.05, 0.1) is 11.4 Å². The first kappa shape index (κ1) is 24.0. The molecule has 0 atom stereocenters. The van der Waals surface area contributed by atoms with Gasteiger partial charge in [-0.1, -0.05) is 12.1 Å². The second kappa shape index (κ2) is 9.37. The fraction of sp³-hybridized carbons (Fsp3) is 0.160. The van der Waals surface area contributed by atoms with Crippen LogP contribution in [0.25, 0.3) is 22.0 Å². The van der Waals surface area contributed by atoms with Crippen LogP contribution in [0.15, 0.2) is 61.2 Å². The van der Waals surface area contributed by atoms with Gasteiger partial charge in [0, 0.05) is 55.0 Å². The van der Waals surface area contributed by atoms with Crippen LogP contribution in [0, 0.1) is 6.92 Å². The Morgan fingerprint density at radius 3 is 2.43 bits per heavy atom. The molecule has 0 spiro atoms. The fourth-order valence-corrected chi connectivity index (χ4v) is 3.94. The van der Waals surface area contributed by atoms with E-state index in [4.69, 9.17) is 0 Å². The smallest absolute Gasteiger partial charge is 0.373 e. The van der Waals surface area contributed by atoms with E-state index in [1.807, 2.05) is 43.3 Å². The first-order valence-electron chi connectivity index (χ1n) is 11.2. The predicted molar refractivity (Wildman–Crippen MR) is 136 cm³/mol. The molecule has 0 saturated heterocycles. The van der Waals surface area contributed by atoms with Crippen molar-refractivity contribution in [3.05, 3.63) is 72.4 Å². The maximum Gasteiger partial charge on any atom is 0.435 e. The van der Waals surface area contributed by atoms with Crippen molar-refractivity contribution >= 4 is 39.7 Å². The Hall–Kier alpha value is -4.74. The second-order valence-corrected chi connectivity index (χ2v) is 8.24. The number of anilines is 5. The number of aromatic nitrogens is 6. The standard InChI is InChI=1S/C25H22F3N9/c1-14-6-7-16-15(8-10-31-23(16)34-21-12-19(25(26,27)28)36-37(21)3)22(14)35-24-17(5-4-9-30-24)18-11-20(29-2)33-13-32-18/h4-13H,1-3H3,(H,30,35)(H,31,34)(H,29,32,33). The number of nitrogens with zero attached hydrogens (tertiary/aromatic N) is 6. The van der Waals surface area contributed by atoms with Crippen LogP contribution >= 0.6 is 0 Å². The Kier molecular flexibility index (Phi) is 6.07. The zero-order valence-corrected chi connectivity index (χ0v) is 20.1. The van der Waals surface area contributed by atoms with Gasteiger partial charge < -0.3 is 16.0 Å². The highest BCUT2D eigenvalue weighted by molar-refractivity contribution is 6.03. The Labute approximate surface area is 209 Å².